The van der Waals surface area contributed by atoms with Crippen molar-refractivity contribution in [3.8, 4) is 0 Å². The number of benzene rings is 2. The average molecular weight is 358 g/mol. The molecule has 2 aromatic carbocycles. The maximum Gasteiger partial charge on any atom is 0.0229 e. The number of rotatable bonds is 2. The summed E-state index contributed by atoms with van der Waals surface area (Å²) in [5.41, 5.74) is 6.40. The van der Waals surface area contributed by atoms with Gasteiger partial charge in [-0.3, -0.25) is 0 Å². The Balaban J connectivity index is 1.80. The first-order chi connectivity index (χ1) is 11.2. The van der Waals surface area contributed by atoms with Crippen LogP contribution in [0.1, 0.15) is 47.9 Å². The largest absolute Gasteiger partial charge is 0.104 e. The van der Waals surface area contributed by atoms with Gasteiger partial charge in [0.2, 0.25) is 0 Å². The maximum absolute atomic E-state index is 2.97. The van der Waals surface area contributed by atoms with E-state index in [2.05, 4.69) is 42.7 Å². The Labute approximate surface area is 148 Å². The van der Waals surface area contributed by atoms with E-state index < -0.39 is 0 Å². The molecule has 0 N–H and O–H groups in total. The zero-order chi connectivity index (χ0) is 15.8. The summed E-state index contributed by atoms with van der Waals surface area (Å²) >= 11 is 2.03. The molecule has 0 nitrogen and oxygen atoms in total. The minimum Gasteiger partial charge on any atom is -0.104 e. The van der Waals surface area contributed by atoms with E-state index in [1.807, 2.05) is 11.8 Å². The molecule has 0 amide bonds. The van der Waals surface area contributed by atoms with Crippen LogP contribution in [0.25, 0.3) is 0 Å². The minimum absolute atomic E-state index is 1.25. The lowest BCUT2D eigenvalue weighted by Gasteiger charge is -2.24. The number of aryl methyl sites for hydroxylation is 2. The Morgan fingerprint density at radius 3 is 1.52 bits per heavy atom. The van der Waals surface area contributed by atoms with Gasteiger partial charge in [-0.25, -0.2) is 0 Å². The van der Waals surface area contributed by atoms with Gasteiger partial charge in [0.15, 0.2) is 0 Å². The van der Waals surface area contributed by atoms with Crippen molar-refractivity contribution >= 4 is 40.9 Å². The molecule has 2 aliphatic rings. The van der Waals surface area contributed by atoms with Gasteiger partial charge in [-0.05, 0) is 84.2 Å². The van der Waals surface area contributed by atoms with Crippen LogP contribution in [0.2, 0.25) is 0 Å². The second kappa shape index (κ2) is 6.87. The Kier molecular flexibility index (Phi) is 4.82. The molecular formula is C20H24P2S. The van der Waals surface area contributed by atoms with Crippen LogP contribution >= 0.6 is 30.2 Å². The smallest absolute Gasteiger partial charge is 0.0229 e. The van der Waals surface area contributed by atoms with Gasteiger partial charge in [0.25, 0.3) is 0 Å². The fraction of sp³-hybridized carbons (Fsp3) is 0.400. The van der Waals surface area contributed by atoms with E-state index in [9.17, 15) is 0 Å². The van der Waals surface area contributed by atoms with Crippen molar-refractivity contribution in [2.45, 2.75) is 61.2 Å². The first kappa shape index (κ1) is 16.1. The molecular weight excluding hydrogens is 334 g/mol. The summed E-state index contributed by atoms with van der Waals surface area (Å²) in [7, 11) is 5.94. The normalized spacial score (nSPS) is 16.8. The second-order valence-corrected chi connectivity index (χ2v) is 9.02. The molecule has 0 bridgehead atoms. The topological polar surface area (TPSA) is 0 Å². The van der Waals surface area contributed by atoms with Crippen molar-refractivity contribution < 1.29 is 0 Å². The molecule has 0 aliphatic heterocycles. The predicted molar refractivity (Wildman–Crippen MR) is 109 cm³/mol. The summed E-state index contributed by atoms with van der Waals surface area (Å²) in [5.74, 6) is 0. The molecule has 0 saturated carbocycles. The fourth-order valence-electron chi connectivity index (χ4n) is 3.97. The molecule has 0 aromatic heterocycles. The molecule has 120 valence electrons. The quantitative estimate of drug-likeness (QED) is 0.707. The van der Waals surface area contributed by atoms with E-state index in [0.29, 0.717) is 0 Å². The molecule has 0 spiro atoms. The van der Waals surface area contributed by atoms with Crippen molar-refractivity contribution in [2.24, 2.45) is 0 Å². The van der Waals surface area contributed by atoms with E-state index in [4.69, 9.17) is 0 Å². The van der Waals surface area contributed by atoms with Crippen LogP contribution in [0, 0.1) is 0 Å². The summed E-state index contributed by atoms with van der Waals surface area (Å²) in [6.07, 6.45) is 10.4. The summed E-state index contributed by atoms with van der Waals surface area (Å²) in [5, 5.41) is 2.74. The Morgan fingerprint density at radius 1 is 0.609 bits per heavy atom. The van der Waals surface area contributed by atoms with Crippen LogP contribution in [0.5, 0.6) is 0 Å². The first-order valence-electron chi connectivity index (χ1n) is 8.72. The van der Waals surface area contributed by atoms with E-state index in [1.54, 1.807) is 22.3 Å². The van der Waals surface area contributed by atoms with Crippen molar-refractivity contribution in [2.75, 3.05) is 0 Å². The molecule has 2 unspecified atom stereocenters. The molecule has 2 aromatic rings. The monoisotopic (exact) mass is 358 g/mol. The first-order valence-corrected chi connectivity index (χ1v) is 10.7. The highest BCUT2D eigenvalue weighted by atomic mass is 32.2. The Bertz CT molecular complexity index is 688. The molecule has 0 radical (unpaired) electrons. The third-order valence-electron chi connectivity index (χ3n) is 5.23. The average Bonchev–Trinajstić information content (AvgIpc) is 2.59. The standard InChI is InChI=1S/C20H24P2S/c21-17-11-9-13-5-1-3-7-15(13)19(17)23-20-16-8-4-2-6-14(16)10-12-18(20)22/h9-12H,1-8,21-22H2. The van der Waals surface area contributed by atoms with Gasteiger partial charge in [-0.1, -0.05) is 36.0 Å². The predicted octanol–water partition coefficient (Wildman–Crippen LogP) is 4.60. The maximum atomic E-state index is 2.97. The van der Waals surface area contributed by atoms with Crippen molar-refractivity contribution in [3.63, 3.8) is 0 Å². The zero-order valence-electron chi connectivity index (χ0n) is 13.5. The van der Waals surface area contributed by atoms with Gasteiger partial charge in [0.05, 0.1) is 0 Å². The zero-order valence-corrected chi connectivity index (χ0v) is 16.7. The SMILES string of the molecule is Pc1ccc2c(c1Sc1c(P)ccc3c1CCCC3)CCCC2. The van der Waals surface area contributed by atoms with Crippen LogP contribution in [0.4, 0.5) is 0 Å². The second-order valence-electron chi connectivity index (χ2n) is 6.76. The molecule has 3 heteroatoms. The van der Waals surface area contributed by atoms with Gasteiger partial charge >= 0.3 is 0 Å². The van der Waals surface area contributed by atoms with Crippen molar-refractivity contribution in [1.29, 1.82) is 0 Å². The fourth-order valence-corrected chi connectivity index (χ4v) is 6.15. The van der Waals surface area contributed by atoms with Gasteiger partial charge in [-0.15, -0.1) is 18.5 Å². The van der Waals surface area contributed by atoms with Gasteiger partial charge < -0.3 is 0 Å². The van der Waals surface area contributed by atoms with Crippen LogP contribution in [0.3, 0.4) is 0 Å². The molecule has 2 aliphatic carbocycles. The number of hydrogen-bond donors (Lipinski definition) is 0. The highest BCUT2D eigenvalue weighted by Crippen LogP contribution is 2.39. The molecule has 0 fully saturated rings. The third kappa shape index (κ3) is 3.13. The molecule has 4 rings (SSSR count). The highest BCUT2D eigenvalue weighted by Gasteiger charge is 2.20. The van der Waals surface area contributed by atoms with Gasteiger partial charge in [0, 0.05) is 9.79 Å². The summed E-state index contributed by atoms with van der Waals surface area (Å²) in [4.78, 5) is 3.02. The summed E-state index contributed by atoms with van der Waals surface area (Å²) in [6, 6.07) is 9.30. The lowest BCUT2D eigenvalue weighted by Crippen LogP contribution is -2.13. The van der Waals surface area contributed by atoms with E-state index in [1.165, 1.54) is 71.8 Å². The molecule has 2 atom stereocenters. The van der Waals surface area contributed by atoms with E-state index >= 15 is 0 Å². The summed E-state index contributed by atoms with van der Waals surface area (Å²) in [6.45, 7) is 0. The third-order valence-corrected chi connectivity index (χ3v) is 7.98. The molecule has 0 saturated heterocycles. The van der Waals surface area contributed by atoms with Crippen molar-refractivity contribution in [1.82, 2.24) is 0 Å². The number of hydrogen-bond acceptors (Lipinski definition) is 1. The van der Waals surface area contributed by atoms with E-state index in [-0.39, 0.29) is 0 Å². The Hall–Kier alpha value is -0.350. The summed E-state index contributed by atoms with van der Waals surface area (Å²) < 4.78 is 0. The highest BCUT2D eigenvalue weighted by molar-refractivity contribution is 8.00. The van der Waals surface area contributed by atoms with Crippen LogP contribution in [-0.4, -0.2) is 0 Å². The molecule has 23 heavy (non-hydrogen) atoms. The van der Waals surface area contributed by atoms with Crippen LogP contribution in [-0.2, 0) is 25.7 Å². The lowest BCUT2D eigenvalue weighted by atomic mass is 9.91. The number of fused-ring (bicyclic) bond motifs is 2. The van der Waals surface area contributed by atoms with Crippen LogP contribution < -0.4 is 10.6 Å². The van der Waals surface area contributed by atoms with E-state index in [0.717, 1.165) is 0 Å². The van der Waals surface area contributed by atoms with Crippen LogP contribution in [0.15, 0.2) is 34.1 Å². The van der Waals surface area contributed by atoms with Gasteiger partial charge in [0.1, 0.15) is 0 Å². The van der Waals surface area contributed by atoms with Crippen molar-refractivity contribution in [3.05, 3.63) is 46.5 Å². The molecule has 0 heterocycles. The minimum atomic E-state index is 1.25. The van der Waals surface area contributed by atoms with Gasteiger partial charge in [-0.2, -0.15) is 0 Å². The Morgan fingerprint density at radius 2 is 1.04 bits per heavy atom. The lowest BCUT2D eigenvalue weighted by molar-refractivity contribution is 0.674.